The second-order valence-corrected chi connectivity index (χ2v) is 5.23. The summed E-state index contributed by atoms with van der Waals surface area (Å²) in [4.78, 5) is 10.1. The molecule has 0 aliphatic carbocycles. The van der Waals surface area contributed by atoms with Gasteiger partial charge >= 0.3 is 0 Å². The smallest absolute Gasteiger partial charge is 0.195 e. The zero-order chi connectivity index (χ0) is 14.1. The average molecular weight is 270 g/mol. The third kappa shape index (κ3) is 2.02. The molecule has 0 bridgehead atoms. The second kappa shape index (κ2) is 5.14. The van der Waals surface area contributed by atoms with Crippen molar-refractivity contribution in [2.24, 2.45) is 0 Å². The Morgan fingerprint density at radius 3 is 2.90 bits per heavy atom. The average Bonchev–Trinajstić information content (AvgIpc) is 2.94. The molecule has 2 aromatic heterocycles. The van der Waals surface area contributed by atoms with Crippen LogP contribution in [0.15, 0.2) is 18.6 Å². The summed E-state index contributed by atoms with van der Waals surface area (Å²) in [6, 6.07) is 2.35. The maximum atomic E-state index is 7.35. The lowest BCUT2D eigenvalue weighted by Crippen LogP contribution is -2.38. The highest BCUT2D eigenvalue weighted by molar-refractivity contribution is 5.72. The van der Waals surface area contributed by atoms with Crippen LogP contribution in [0.2, 0.25) is 0 Å². The maximum Gasteiger partial charge on any atom is 0.195 e. The van der Waals surface area contributed by atoms with E-state index in [2.05, 4.69) is 26.2 Å². The Labute approximate surface area is 118 Å². The van der Waals surface area contributed by atoms with Crippen molar-refractivity contribution in [3.63, 3.8) is 0 Å². The summed E-state index contributed by atoms with van der Waals surface area (Å²) in [5.41, 5.74) is 2.68. The fraction of sp³-hybridized carbons (Fsp3) is 0.467. The zero-order valence-corrected chi connectivity index (χ0v) is 11.8. The molecule has 0 unspecified atom stereocenters. The van der Waals surface area contributed by atoms with Gasteiger partial charge in [0.25, 0.3) is 0 Å². The Hall–Kier alpha value is -2.06. The highest BCUT2D eigenvalue weighted by Gasteiger charge is 2.22. The van der Waals surface area contributed by atoms with Gasteiger partial charge in [0.1, 0.15) is 12.1 Å². The molecule has 0 saturated carbocycles. The highest BCUT2D eigenvalue weighted by Crippen LogP contribution is 2.32. The Morgan fingerprint density at radius 1 is 1.45 bits per heavy atom. The van der Waals surface area contributed by atoms with Crippen molar-refractivity contribution in [2.45, 2.75) is 25.8 Å². The summed E-state index contributed by atoms with van der Waals surface area (Å²) in [6.45, 7) is 11.0. The summed E-state index contributed by atoms with van der Waals surface area (Å²) in [5.74, 6) is 1.07. The first-order valence-corrected chi connectivity index (χ1v) is 6.86. The highest BCUT2D eigenvalue weighted by atomic mass is 16.5. The third-order valence-corrected chi connectivity index (χ3v) is 4.09. The van der Waals surface area contributed by atoms with Crippen LogP contribution in [0, 0.1) is 13.5 Å². The normalized spacial score (nSPS) is 16.2. The Balaban J connectivity index is 2.11. The van der Waals surface area contributed by atoms with Gasteiger partial charge in [0, 0.05) is 26.3 Å². The van der Waals surface area contributed by atoms with Gasteiger partial charge in [0.05, 0.1) is 18.3 Å². The lowest BCUT2D eigenvalue weighted by molar-refractivity contribution is 0.0853. The predicted octanol–water partition coefficient (Wildman–Crippen LogP) is 2.81. The van der Waals surface area contributed by atoms with Gasteiger partial charge in [-0.3, -0.25) is 4.40 Å². The first-order valence-electron chi connectivity index (χ1n) is 6.86. The molecule has 1 saturated heterocycles. The van der Waals surface area contributed by atoms with Gasteiger partial charge < -0.3 is 9.64 Å². The minimum atomic E-state index is 0.453. The maximum absolute atomic E-state index is 7.35. The number of aromatic nitrogens is 2. The zero-order valence-electron chi connectivity index (χ0n) is 11.8. The molecule has 0 amide bonds. The van der Waals surface area contributed by atoms with E-state index in [0.717, 1.165) is 43.0 Å². The number of hydrogen-bond donors (Lipinski definition) is 0. The number of hydrogen-bond acceptors (Lipinski definition) is 3. The van der Waals surface area contributed by atoms with E-state index in [1.807, 2.05) is 19.3 Å². The first-order chi connectivity index (χ1) is 9.72. The molecule has 5 heteroatoms. The number of rotatable bonds is 2. The van der Waals surface area contributed by atoms with Crippen LogP contribution in [-0.2, 0) is 4.74 Å². The quantitative estimate of drug-likeness (QED) is 0.787. The summed E-state index contributed by atoms with van der Waals surface area (Å²) in [5, 5.41) is 0. The molecular weight excluding hydrogens is 252 g/mol. The van der Waals surface area contributed by atoms with E-state index in [9.17, 15) is 0 Å². The molecule has 0 N–H and O–H groups in total. The van der Waals surface area contributed by atoms with Gasteiger partial charge in [-0.15, -0.1) is 0 Å². The topological polar surface area (TPSA) is 34.1 Å². The molecule has 0 spiro atoms. The lowest BCUT2D eigenvalue weighted by Gasteiger charge is -2.34. The van der Waals surface area contributed by atoms with E-state index in [1.165, 1.54) is 0 Å². The minimum absolute atomic E-state index is 0.453. The Kier molecular flexibility index (Phi) is 3.33. The van der Waals surface area contributed by atoms with Crippen molar-refractivity contribution in [3.05, 3.63) is 35.6 Å². The van der Waals surface area contributed by atoms with Crippen LogP contribution in [0.5, 0.6) is 0 Å². The predicted molar refractivity (Wildman–Crippen MR) is 78.4 cm³/mol. The standard InChI is InChI=1S/C15H18N4O/c1-11-14(16-2)8-13-9-17-10-19(13)15(11)18(3)12-4-6-20-7-5-12/h8-10,12H,4-7H2,1,3H3. The largest absolute Gasteiger partial charge is 0.381 e. The molecule has 5 nitrogen and oxygen atoms in total. The van der Waals surface area contributed by atoms with Crippen LogP contribution >= 0.6 is 0 Å². The molecule has 3 heterocycles. The van der Waals surface area contributed by atoms with Crippen molar-refractivity contribution in [1.29, 1.82) is 0 Å². The van der Waals surface area contributed by atoms with Gasteiger partial charge in [-0.2, -0.15) is 0 Å². The molecule has 1 fully saturated rings. The van der Waals surface area contributed by atoms with Crippen LogP contribution in [0.1, 0.15) is 18.4 Å². The van der Waals surface area contributed by atoms with Crippen molar-refractivity contribution >= 4 is 17.0 Å². The second-order valence-electron chi connectivity index (χ2n) is 5.23. The van der Waals surface area contributed by atoms with Gasteiger partial charge in [0.2, 0.25) is 0 Å². The molecule has 104 valence electrons. The van der Waals surface area contributed by atoms with Crippen molar-refractivity contribution in [3.8, 4) is 0 Å². The summed E-state index contributed by atoms with van der Waals surface area (Å²) >= 11 is 0. The Bertz CT molecular complexity index is 664. The lowest BCUT2D eigenvalue weighted by atomic mass is 10.1. The third-order valence-electron chi connectivity index (χ3n) is 4.09. The van der Waals surface area contributed by atoms with Crippen molar-refractivity contribution in [2.75, 3.05) is 25.2 Å². The molecular formula is C15H18N4O. The summed E-state index contributed by atoms with van der Waals surface area (Å²) in [6.07, 6.45) is 5.67. The van der Waals surface area contributed by atoms with Crippen LogP contribution in [-0.4, -0.2) is 35.7 Å². The minimum Gasteiger partial charge on any atom is -0.381 e. The van der Waals surface area contributed by atoms with Gasteiger partial charge in [-0.05, 0) is 31.4 Å². The van der Waals surface area contributed by atoms with Crippen molar-refractivity contribution in [1.82, 2.24) is 9.38 Å². The van der Waals surface area contributed by atoms with Gasteiger partial charge in [0.15, 0.2) is 5.69 Å². The number of anilines is 1. The van der Waals surface area contributed by atoms with Gasteiger partial charge in [-0.25, -0.2) is 9.83 Å². The van der Waals surface area contributed by atoms with Crippen LogP contribution < -0.4 is 4.90 Å². The summed E-state index contributed by atoms with van der Waals surface area (Å²) < 4.78 is 7.51. The summed E-state index contributed by atoms with van der Waals surface area (Å²) in [7, 11) is 2.10. The number of imidazole rings is 1. The molecule has 0 aromatic carbocycles. The van der Waals surface area contributed by atoms with Crippen LogP contribution in [0.3, 0.4) is 0 Å². The number of ether oxygens (including phenoxy) is 1. The fourth-order valence-corrected chi connectivity index (χ4v) is 2.93. The van der Waals surface area contributed by atoms with Gasteiger partial charge in [-0.1, -0.05) is 0 Å². The molecule has 2 aromatic rings. The fourth-order valence-electron chi connectivity index (χ4n) is 2.93. The molecule has 3 rings (SSSR count). The van der Waals surface area contributed by atoms with E-state index in [-0.39, 0.29) is 0 Å². The molecule has 20 heavy (non-hydrogen) atoms. The number of pyridine rings is 1. The van der Waals surface area contributed by atoms with E-state index >= 15 is 0 Å². The van der Waals surface area contributed by atoms with E-state index in [0.29, 0.717) is 11.7 Å². The SMILES string of the molecule is [C-]#[N+]c1cc2cncn2c(N(C)C2CCOCC2)c1C. The number of fused-ring (bicyclic) bond motifs is 1. The molecule has 0 radical (unpaired) electrons. The van der Waals surface area contributed by atoms with E-state index < -0.39 is 0 Å². The molecule has 1 aliphatic heterocycles. The van der Waals surface area contributed by atoms with E-state index in [4.69, 9.17) is 11.3 Å². The van der Waals surface area contributed by atoms with E-state index in [1.54, 1.807) is 6.20 Å². The monoisotopic (exact) mass is 270 g/mol. The van der Waals surface area contributed by atoms with Crippen molar-refractivity contribution < 1.29 is 4.74 Å². The van der Waals surface area contributed by atoms with Crippen LogP contribution in [0.25, 0.3) is 10.4 Å². The first kappa shape index (κ1) is 12.9. The molecule has 1 aliphatic rings. The Morgan fingerprint density at radius 2 is 2.20 bits per heavy atom. The number of nitrogens with zero attached hydrogens (tertiary/aromatic N) is 4. The molecule has 0 atom stereocenters. The van der Waals surface area contributed by atoms with Crippen LogP contribution in [0.4, 0.5) is 11.5 Å².